The van der Waals surface area contributed by atoms with Gasteiger partial charge in [-0.1, -0.05) is 59.6 Å². The Bertz CT molecular complexity index is 1580. The van der Waals surface area contributed by atoms with Crippen molar-refractivity contribution < 1.29 is 9.84 Å². The zero-order valence-corrected chi connectivity index (χ0v) is 21.8. The summed E-state index contributed by atoms with van der Waals surface area (Å²) < 4.78 is 8.18. The smallest absolute Gasteiger partial charge is 0.214 e. The Morgan fingerprint density at radius 3 is 2.81 bits per heavy atom. The van der Waals surface area contributed by atoms with Gasteiger partial charge < -0.3 is 19.4 Å². The molecule has 5 aromatic rings. The summed E-state index contributed by atoms with van der Waals surface area (Å²) >= 11 is 12.9. The number of ether oxygens (including phenoxy) is 1. The minimum atomic E-state index is -0.742. The van der Waals surface area contributed by atoms with E-state index in [0.29, 0.717) is 28.2 Å². The maximum Gasteiger partial charge on any atom is 0.214 e. The lowest BCUT2D eigenvalue weighted by Gasteiger charge is -2.29. The molecule has 0 radical (unpaired) electrons. The molecule has 2 N–H and O–H groups in total. The van der Waals surface area contributed by atoms with Gasteiger partial charge in [-0.25, -0.2) is 9.97 Å². The van der Waals surface area contributed by atoms with Crippen molar-refractivity contribution in [3.8, 4) is 17.1 Å². The number of hydrogen-bond donors (Lipinski definition) is 2. The Morgan fingerprint density at radius 2 is 2.00 bits per heavy atom. The van der Waals surface area contributed by atoms with E-state index in [1.807, 2.05) is 55.0 Å². The van der Waals surface area contributed by atoms with Gasteiger partial charge in [0.25, 0.3) is 0 Å². The second-order valence-corrected chi connectivity index (χ2v) is 10.2. The van der Waals surface area contributed by atoms with Crippen LogP contribution < -0.4 is 4.74 Å². The van der Waals surface area contributed by atoms with E-state index in [1.54, 1.807) is 13.1 Å². The van der Waals surface area contributed by atoms with Crippen LogP contribution >= 0.6 is 23.2 Å². The van der Waals surface area contributed by atoms with Gasteiger partial charge in [0.1, 0.15) is 6.61 Å². The normalized spacial score (nSPS) is 16.1. The molecule has 37 heavy (non-hydrogen) atoms. The summed E-state index contributed by atoms with van der Waals surface area (Å²) in [7, 11) is 0. The van der Waals surface area contributed by atoms with E-state index >= 15 is 0 Å². The van der Waals surface area contributed by atoms with E-state index in [2.05, 4.69) is 25.6 Å². The predicted molar refractivity (Wildman–Crippen MR) is 146 cm³/mol. The minimum absolute atomic E-state index is 0.0223. The maximum atomic E-state index is 10.7. The van der Waals surface area contributed by atoms with E-state index in [-0.39, 0.29) is 6.04 Å². The Labute approximate surface area is 224 Å². The molecular weight excluding hydrogens is 507 g/mol. The first-order chi connectivity index (χ1) is 18.0. The molecule has 0 fully saturated rings. The summed E-state index contributed by atoms with van der Waals surface area (Å²) in [4.78, 5) is 12.5. The highest BCUT2D eigenvalue weighted by molar-refractivity contribution is 6.42. The van der Waals surface area contributed by atoms with Gasteiger partial charge >= 0.3 is 0 Å². The number of aromatic nitrogens is 4. The number of aliphatic hydroxyl groups excluding tert-OH is 1. The second kappa shape index (κ2) is 9.86. The third-order valence-electron chi connectivity index (χ3n) is 7.07. The van der Waals surface area contributed by atoms with Crippen molar-refractivity contribution in [3.63, 3.8) is 0 Å². The minimum Gasteiger partial charge on any atom is -0.473 e. The number of hydrogen-bond acceptors (Lipinski definition) is 4. The Kier molecular flexibility index (Phi) is 6.41. The van der Waals surface area contributed by atoms with Crippen molar-refractivity contribution in [2.24, 2.45) is 0 Å². The van der Waals surface area contributed by atoms with Gasteiger partial charge in [-0.3, -0.25) is 0 Å². The number of aliphatic hydroxyl groups is 1. The van der Waals surface area contributed by atoms with Crippen LogP contribution in [-0.4, -0.2) is 24.6 Å². The molecule has 0 amide bonds. The van der Waals surface area contributed by atoms with Crippen molar-refractivity contribution in [2.75, 3.05) is 0 Å². The largest absolute Gasteiger partial charge is 0.473 e. The van der Waals surface area contributed by atoms with Crippen LogP contribution in [0.1, 0.15) is 54.3 Å². The van der Waals surface area contributed by atoms with Gasteiger partial charge in [0.2, 0.25) is 5.88 Å². The Morgan fingerprint density at radius 1 is 1.16 bits per heavy atom. The number of aromatic amines is 1. The number of nitrogens with zero attached hydrogens (tertiary/aromatic N) is 3. The second-order valence-electron chi connectivity index (χ2n) is 9.44. The molecule has 1 aliphatic carbocycles. The Balaban J connectivity index is 1.44. The summed E-state index contributed by atoms with van der Waals surface area (Å²) in [5, 5.41) is 12.8. The van der Waals surface area contributed by atoms with Crippen molar-refractivity contribution in [1.29, 1.82) is 0 Å². The monoisotopic (exact) mass is 532 g/mol. The van der Waals surface area contributed by atoms with Gasteiger partial charge in [-0.2, -0.15) is 0 Å². The van der Waals surface area contributed by atoms with Crippen molar-refractivity contribution in [3.05, 3.63) is 99.7 Å². The third kappa shape index (κ3) is 4.39. The van der Waals surface area contributed by atoms with Crippen LogP contribution in [0.5, 0.6) is 5.88 Å². The van der Waals surface area contributed by atoms with E-state index in [9.17, 15) is 5.11 Å². The molecule has 3 heterocycles. The maximum absolute atomic E-state index is 10.7. The number of rotatable bonds is 6. The average Bonchev–Trinajstić information content (AvgIpc) is 3.54. The fraction of sp³-hybridized carbons (Fsp3) is 0.241. The van der Waals surface area contributed by atoms with Crippen LogP contribution in [0.2, 0.25) is 10.0 Å². The first kappa shape index (κ1) is 24.0. The zero-order valence-electron chi connectivity index (χ0n) is 20.3. The quantitative estimate of drug-likeness (QED) is 0.240. The summed E-state index contributed by atoms with van der Waals surface area (Å²) in [6.07, 6.45) is 7.61. The molecule has 188 valence electrons. The van der Waals surface area contributed by atoms with Gasteiger partial charge in [-0.15, -0.1) is 0 Å². The van der Waals surface area contributed by atoms with Crippen LogP contribution in [0.25, 0.3) is 22.2 Å². The van der Waals surface area contributed by atoms with E-state index < -0.39 is 6.10 Å². The van der Waals surface area contributed by atoms with Crippen LogP contribution in [0, 0.1) is 0 Å². The molecule has 1 aliphatic rings. The Hall–Kier alpha value is -3.32. The lowest BCUT2D eigenvalue weighted by Crippen LogP contribution is -2.18. The zero-order chi connectivity index (χ0) is 25.5. The molecule has 3 aromatic heterocycles. The number of halogens is 2. The lowest BCUT2D eigenvalue weighted by molar-refractivity contribution is 0.195. The van der Waals surface area contributed by atoms with Crippen LogP contribution in [0.3, 0.4) is 0 Å². The molecule has 0 saturated carbocycles. The number of imidazole rings is 1. The van der Waals surface area contributed by atoms with Crippen LogP contribution in [0.4, 0.5) is 0 Å². The molecule has 0 saturated heterocycles. The van der Waals surface area contributed by atoms with Gasteiger partial charge in [0.05, 0.1) is 51.6 Å². The van der Waals surface area contributed by atoms with E-state index in [4.69, 9.17) is 27.9 Å². The highest BCUT2D eigenvalue weighted by Crippen LogP contribution is 2.43. The molecular formula is C29H26Cl2N4O2. The molecule has 2 aromatic carbocycles. The van der Waals surface area contributed by atoms with Crippen molar-refractivity contribution in [2.45, 2.75) is 44.9 Å². The number of benzene rings is 2. The predicted octanol–water partition coefficient (Wildman–Crippen LogP) is 7.29. The number of nitrogens with one attached hydrogen (secondary N) is 1. The number of H-pyrrole nitrogens is 1. The molecule has 0 aliphatic heterocycles. The summed E-state index contributed by atoms with van der Waals surface area (Å²) in [5.74, 6) is 0.534. The van der Waals surface area contributed by atoms with Crippen molar-refractivity contribution in [1.82, 2.24) is 19.5 Å². The average molecular weight is 533 g/mol. The first-order valence-electron chi connectivity index (χ1n) is 12.4. The number of pyridine rings is 1. The van der Waals surface area contributed by atoms with Gasteiger partial charge in [-0.05, 0) is 48.9 Å². The summed E-state index contributed by atoms with van der Waals surface area (Å²) in [5.41, 5.74) is 6.60. The summed E-state index contributed by atoms with van der Waals surface area (Å²) in [6, 6.07) is 15.9. The SMILES string of the molecule is CC(O)c1ncn(C2CCCc3c2ccc(Cl)c3Cl)c1-c1c[nH]c2cnc(OCc3ccccc3)cc12. The molecule has 2 unspecified atom stereocenters. The molecule has 0 spiro atoms. The fourth-order valence-corrected chi connectivity index (χ4v) is 5.74. The molecule has 0 bridgehead atoms. The highest BCUT2D eigenvalue weighted by atomic mass is 35.5. The van der Waals surface area contributed by atoms with Crippen LogP contribution in [-0.2, 0) is 13.0 Å². The van der Waals surface area contributed by atoms with Crippen LogP contribution in [0.15, 0.2) is 67.3 Å². The van der Waals surface area contributed by atoms with Crippen molar-refractivity contribution >= 4 is 34.1 Å². The summed E-state index contributed by atoms with van der Waals surface area (Å²) in [6.45, 7) is 2.17. The number of fused-ring (bicyclic) bond motifs is 2. The third-order valence-corrected chi connectivity index (χ3v) is 7.92. The van der Waals surface area contributed by atoms with Gasteiger partial charge in [0, 0.05) is 23.2 Å². The standard InChI is InChI=1S/C29H26Cl2N4O2/c1-17(36)28-29(35(16-34-28)25-9-5-8-20-19(25)10-11-23(30)27(20)31)22-13-32-24-14-33-26(12-21(22)24)37-15-18-6-3-2-4-7-18/h2-4,6-7,10-14,16-17,25,32,36H,5,8-9,15H2,1H3. The van der Waals surface area contributed by atoms with E-state index in [0.717, 1.165) is 58.1 Å². The molecule has 6 nitrogen and oxygen atoms in total. The fourth-order valence-electron chi connectivity index (χ4n) is 5.29. The van der Waals surface area contributed by atoms with Gasteiger partial charge in [0.15, 0.2) is 0 Å². The topological polar surface area (TPSA) is 76.0 Å². The molecule has 6 rings (SSSR count). The first-order valence-corrected chi connectivity index (χ1v) is 13.1. The molecule has 2 atom stereocenters. The molecule has 8 heteroatoms. The van der Waals surface area contributed by atoms with E-state index in [1.165, 1.54) is 0 Å². The lowest BCUT2D eigenvalue weighted by atomic mass is 9.87. The highest BCUT2D eigenvalue weighted by Gasteiger charge is 2.29.